The van der Waals surface area contributed by atoms with Gasteiger partial charge in [0.1, 0.15) is 0 Å². The first-order valence-electron chi connectivity index (χ1n) is 5.32. The number of amides is 2. The quantitative estimate of drug-likeness (QED) is 0.620. The third-order valence-corrected chi connectivity index (χ3v) is 2.82. The molecule has 0 radical (unpaired) electrons. The zero-order valence-corrected chi connectivity index (χ0v) is 11.2. The van der Waals surface area contributed by atoms with Crippen molar-refractivity contribution in [2.24, 2.45) is 5.73 Å². The Morgan fingerprint density at radius 2 is 2.11 bits per heavy atom. The van der Waals surface area contributed by atoms with Crippen LogP contribution in [0.3, 0.4) is 0 Å². The normalized spacial score (nSPS) is 9.89. The van der Waals surface area contributed by atoms with Crippen molar-refractivity contribution in [3.63, 3.8) is 0 Å². The summed E-state index contributed by atoms with van der Waals surface area (Å²) >= 11 is 3.23. The number of aromatic carboxylic acids is 1. The molecule has 0 saturated carbocycles. The van der Waals surface area contributed by atoms with E-state index in [1.165, 1.54) is 12.1 Å². The molecular formula is C11H14BrN3O3. The van der Waals surface area contributed by atoms with Gasteiger partial charge in [-0.3, -0.25) is 0 Å². The molecule has 0 atom stereocenters. The number of nitrogens with one attached hydrogen (secondary N) is 2. The van der Waals surface area contributed by atoms with Crippen LogP contribution in [0.5, 0.6) is 0 Å². The van der Waals surface area contributed by atoms with E-state index in [4.69, 9.17) is 10.8 Å². The maximum absolute atomic E-state index is 11.5. The average Bonchev–Trinajstić information content (AvgIpc) is 2.32. The number of benzene rings is 1. The van der Waals surface area contributed by atoms with Gasteiger partial charge >= 0.3 is 12.0 Å². The fraction of sp³-hybridized carbons (Fsp3) is 0.273. The van der Waals surface area contributed by atoms with Crippen molar-refractivity contribution in [3.05, 3.63) is 28.2 Å². The summed E-state index contributed by atoms with van der Waals surface area (Å²) in [5.74, 6) is -1.05. The second kappa shape index (κ2) is 6.97. The highest BCUT2D eigenvalue weighted by molar-refractivity contribution is 9.10. The first-order chi connectivity index (χ1) is 8.54. The summed E-state index contributed by atoms with van der Waals surface area (Å²) in [6.45, 7) is 0.969. The molecule has 0 fully saturated rings. The number of urea groups is 1. The molecule has 98 valence electrons. The highest BCUT2D eigenvalue weighted by atomic mass is 79.9. The number of carbonyl (C=O) groups is 2. The summed E-state index contributed by atoms with van der Waals surface area (Å²) in [7, 11) is 0. The minimum atomic E-state index is -1.05. The lowest BCUT2D eigenvalue weighted by molar-refractivity contribution is 0.0697. The minimum absolute atomic E-state index is 0.107. The number of halogens is 1. The van der Waals surface area contributed by atoms with Gasteiger partial charge in [-0.05, 0) is 47.1 Å². The Labute approximate surface area is 113 Å². The van der Waals surface area contributed by atoms with Crippen LogP contribution in [0.1, 0.15) is 16.8 Å². The van der Waals surface area contributed by atoms with Crippen LogP contribution < -0.4 is 16.4 Å². The van der Waals surface area contributed by atoms with Gasteiger partial charge in [0.15, 0.2) is 0 Å². The van der Waals surface area contributed by atoms with Crippen molar-refractivity contribution >= 4 is 33.6 Å². The molecule has 2 amide bonds. The Morgan fingerprint density at radius 3 is 2.72 bits per heavy atom. The van der Waals surface area contributed by atoms with E-state index in [-0.39, 0.29) is 5.56 Å². The van der Waals surface area contributed by atoms with E-state index in [2.05, 4.69) is 26.6 Å². The van der Waals surface area contributed by atoms with Crippen molar-refractivity contribution in [2.45, 2.75) is 6.42 Å². The van der Waals surface area contributed by atoms with Gasteiger partial charge in [0.2, 0.25) is 0 Å². The number of carboxylic acid groups (broad SMARTS) is 1. The van der Waals surface area contributed by atoms with E-state index < -0.39 is 12.0 Å². The first-order valence-corrected chi connectivity index (χ1v) is 6.11. The van der Waals surface area contributed by atoms with E-state index >= 15 is 0 Å². The maximum atomic E-state index is 11.5. The molecule has 0 aromatic heterocycles. The Kier molecular flexibility index (Phi) is 5.60. The number of hydrogen-bond donors (Lipinski definition) is 4. The minimum Gasteiger partial charge on any atom is -0.478 e. The number of hydrogen-bond acceptors (Lipinski definition) is 3. The van der Waals surface area contributed by atoms with Crippen LogP contribution in [0.15, 0.2) is 22.7 Å². The number of nitrogens with two attached hydrogens (primary N) is 1. The highest BCUT2D eigenvalue weighted by Crippen LogP contribution is 2.23. The molecule has 7 heteroatoms. The topological polar surface area (TPSA) is 104 Å². The SMILES string of the molecule is NCCCNC(=O)Nc1cc(C(=O)O)ccc1Br. The first kappa shape index (κ1) is 14.5. The molecule has 0 heterocycles. The largest absolute Gasteiger partial charge is 0.478 e. The van der Waals surface area contributed by atoms with Crippen LogP contribution in [-0.2, 0) is 0 Å². The number of rotatable bonds is 5. The van der Waals surface area contributed by atoms with E-state index in [0.717, 1.165) is 0 Å². The van der Waals surface area contributed by atoms with Gasteiger partial charge in [-0.25, -0.2) is 9.59 Å². The summed E-state index contributed by atoms with van der Waals surface area (Å²) in [5.41, 5.74) is 5.81. The average molecular weight is 316 g/mol. The predicted octanol–water partition coefficient (Wildman–Crippen LogP) is 1.62. The second-order valence-electron chi connectivity index (χ2n) is 3.52. The predicted molar refractivity (Wildman–Crippen MR) is 71.8 cm³/mol. The fourth-order valence-corrected chi connectivity index (χ4v) is 1.57. The highest BCUT2D eigenvalue weighted by Gasteiger charge is 2.09. The van der Waals surface area contributed by atoms with Crippen LogP contribution in [0.4, 0.5) is 10.5 Å². The van der Waals surface area contributed by atoms with Crippen molar-refractivity contribution in [1.29, 1.82) is 0 Å². The van der Waals surface area contributed by atoms with Crippen molar-refractivity contribution in [3.8, 4) is 0 Å². The molecule has 0 aliphatic heterocycles. The van der Waals surface area contributed by atoms with E-state index in [1.807, 2.05) is 0 Å². The van der Waals surface area contributed by atoms with Crippen LogP contribution in [-0.4, -0.2) is 30.2 Å². The molecule has 5 N–H and O–H groups in total. The monoisotopic (exact) mass is 315 g/mol. The van der Waals surface area contributed by atoms with Gasteiger partial charge in [-0.2, -0.15) is 0 Å². The third kappa shape index (κ3) is 4.34. The van der Waals surface area contributed by atoms with Gasteiger partial charge in [0.25, 0.3) is 0 Å². The summed E-state index contributed by atoms with van der Waals surface area (Å²) in [5, 5.41) is 14.0. The van der Waals surface area contributed by atoms with Gasteiger partial charge in [-0.1, -0.05) is 0 Å². The molecule has 0 spiro atoms. The maximum Gasteiger partial charge on any atom is 0.335 e. The lowest BCUT2D eigenvalue weighted by atomic mass is 10.2. The summed E-state index contributed by atoms with van der Waals surface area (Å²) in [6, 6.07) is 4.00. The van der Waals surface area contributed by atoms with Crippen molar-refractivity contribution in [2.75, 3.05) is 18.4 Å². The van der Waals surface area contributed by atoms with E-state index in [0.29, 0.717) is 29.7 Å². The Hall–Kier alpha value is -1.60. The van der Waals surface area contributed by atoms with Gasteiger partial charge in [0, 0.05) is 11.0 Å². The van der Waals surface area contributed by atoms with Gasteiger partial charge in [-0.15, -0.1) is 0 Å². The van der Waals surface area contributed by atoms with E-state index in [1.54, 1.807) is 6.07 Å². The number of carboxylic acids is 1. The van der Waals surface area contributed by atoms with Crippen LogP contribution in [0.2, 0.25) is 0 Å². The summed E-state index contributed by atoms with van der Waals surface area (Å²) in [6.07, 6.45) is 0.684. The molecule has 18 heavy (non-hydrogen) atoms. The zero-order valence-electron chi connectivity index (χ0n) is 9.57. The molecular weight excluding hydrogens is 302 g/mol. The van der Waals surface area contributed by atoms with Gasteiger partial charge in [0.05, 0.1) is 11.3 Å². The molecule has 0 aliphatic rings. The van der Waals surface area contributed by atoms with Crippen molar-refractivity contribution in [1.82, 2.24) is 5.32 Å². The van der Waals surface area contributed by atoms with Crippen LogP contribution in [0.25, 0.3) is 0 Å². The Morgan fingerprint density at radius 1 is 1.39 bits per heavy atom. The Bertz CT molecular complexity index is 451. The molecule has 1 aromatic carbocycles. The van der Waals surface area contributed by atoms with Gasteiger partial charge < -0.3 is 21.5 Å². The van der Waals surface area contributed by atoms with Crippen LogP contribution in [0, 0.1) is 0 Å². The Balaban J connectivity index is 2.68. The summed E-state index contributed by atoms with van der Waals surface area (Å²) < 4.78 is 0.612. The second-order valence-corrected chi connectivity index (χ2v) is 4.38. The fourth-order valence-electron chi connectivity index (χ4n) is 1.22. The zero-order chi connectivity index (χ0) is 13.5. The van der Waals surface area contributed by atoms with Crippen LogP contribution >= 0.6 is 15.9 Å². The lowest BCUT2D eigenvalue weighted by Gasteiger charge is -2.09. The molecule has 0 bridgehead atoms. The molecule has 6 nitrogen and oxygen atoms in total. The molecule has 1 aromatic rings. The molecule has 1 rings (SSSR count). The summed E-state index contributed by atoms with van der Waals surface area (Å²) in [4.78, 5) is 22.3. The number of carbonyl (C=O) groups excluding carboxylic acids is 1. The number of anilines is 1. The third-order valence-electron chi connectivity index (χ3n) is 2.13. The standard InChI is InChI=1S/C11H14BrN3O3/c12-8-3-2-7(10(16)17)6-9(8)15-11(18)14-5-1-4-13/h2-3,6H,1,4-5,13H2,(H,16,17)(H2,14,15,18). The van der Waals surface area contributed by atoms with Crippen molar-refractivity contribution < 1.29 is 14.7 Å². The lowest BCUT2D eigenvalue weighted by Crippen LogP contribution is -2.30. The smallest absolute Gasteiger partial charge is 0.335 e. The molecule has 0 unspecified atom stereocenters. The molecule has 0 saturated heterocycles. The molecule has 0 aliphatic carbocycles. The van der Waals surface area contributed by atoms with E-state index in [9.17, 15) is 9.59 Å².